The average Bonchev–Trinajstić information content (AvgIpc) is 3.39. The molecule has 1 aliphatic carbocycles. The minimum Gasteiger partial charge on any atom is -0.469 e. The van der Waals surface area contributed by atoms with Crippen LogP contribution >= 0.6 is 0 Å². The maximum Gasteiger partial charge on any atom is 0.311 e. The van der Waals surface area contributed by atoms with E-state index in [9.17, 15) is 14.7 Å². The van der Waals surface area contributed by atoms with Crippen LogP contribution in [0.15, 0.2) is 47.4 Å². The fourth-order valence-electron chi connectivity index (χ4n) is 5.68. The molecule has 2 bridgehead atoms. The van der Waals surface area contributed by atoms with Crippen molar-refractivity contribution in [3.8, 4) is 0 Å². The monoisotopic (exact) mass is 421 g/mol. The Hall–Kier alpha value is -2.77. The summed E-state index contributed by atoms with van der Waals surface area (Å²) in [6.45, 7) is 0.846. The van der Waals surface area contributed by atoms with Crippen molar-refractivity contribution >= 4 is 11.5 Å². The Morgan fingerprint density at radius 2 is 2.16 bits per heavy atom. The van der Waals surface area contributed by atoms with Crippen LogP contribution in [0.1, 0.15) is 42.3 Å². The molecule has 0 radical (unpaired) electrons. The normalized spacial score (nSPS) is 27.1. The van der Waals surface area contributed by atoms with Gasteiger partial charge in [-0.3, -0.25) is 19.5 Å². The van der Waals surface area contributed by atoms with E-state index in [1.807, 2.05) is 34.9 Å². The number of nitrogens with zero attached hydrogens (tertiary/aromatic N) is 3. The minimum atomic E-state index is -0.534. The molecule has 0 aromatic carbocycles. The largest absolute Gasteiger partial charge is 0.469 e. The van der Waals surface area contributed by atoms with Gasteiger partial charge < -0.3 is 14.4 Å². The summed E-state index contributed by atoms with van der Waals surface area (Å²) in [4.78, 5) is 32.9. The molecule has 1 N–H and O–H groups in total. The number of hydrogen-bond donors (Lipinski definition) is 1. The smallest absolute Gasteiger partial charge is 0.311 e. The zero-order chi connectivity index (χ0) is 21.5. The standard InChI is InChI=1S/C24H27N3O4/c1-31-24(30)21-18(14-28)20-13-27-19(10-9-17(23(27)29)15-6-2-3-7-15)22(21)26(20)12-16-8-4-5-11-25-16/h4-6,8-11,18,20-22,28H,2-3,7,12-14H2,1H3/t18-,20-,21+,22+/m0/s1. The summed E-state index contributed by atoms with van der Waals surface area (Å²) in [6.07, 6.45) is 6.93. The van der Waals surface area contributed by atoms with Crippen molar-refractivity contribution in [3.05, 3.63) is 69.9 Å². The van der Waals surface area contributed by atoms with E-state index in [0.29, 0.717) is 13.1 Å². The number of hydrogen-bond acceptors (Lipinski definition) is 6. The molecular weight excluding hydrogens is 394 g/mol. The van der Waals surface area contributed by atoms with E-state index in [-0.39, 0.29) is 36.1 Å². The topological polar surface area (TPSA) is 84.7 Å². The Morgan fingerprint density at radius 3 is 2.84 bits per heavy atom. The molecule has 7 nitrogen and oxygen atoms in total. The lowest BCUT2D eigenvalue weighted by atomic mass is 9.87. The lowest BCUT2D eigenvalue weighted by molar-refractivity contribution is -0.148. The first-order valence-corrected chi connectivity index (χ1v) is 10.9. The van der Waals surface area contributed by atoms with Crippen LogP contribution in [0.5, 0.6) is 0 Å². The van der Waals surface area contributed by atoms with Crippen molar-refractivity contribution in [1.29, 1.82) is 0 Å². The number of allylic oxidation sites excluding steroid dienone is 2. The van der Waals surface area contributed by atoms with Crippen molar-refractivity contribution in [3.63, 3.8) is 0 Å². The second-order valence-electron chi connectivity index (χ2n) is 8.61. The van der Waals surface area contributed by atoms with Crippen LogP contribution < -0.4 is 5.56 Å². The zero-order valence-corrected chi connectivity index (χ0v) is 17.6. The third-order valence-corrected chi connectivity index (χ3v) is 7.10. The van der Waals surface area contributed by atoms with Gasteiger partial charge in [0, 0.05) is 49.1 Å². The van der Waals surface area contributed by atoms with Gasteiger partial charge in [-0.25, -0.2) is 0 Å². The molecule has 0 unspecified atom stereocenters. The van der Waals surface area contributed by atoms with Gasteiger partial charge in [-0.05, 0) is 49.1 Å². The molecule has 0 spiro atoms. The molecule has 0 amide bonds. The Morgan fingerprint density at radius 1 is 1.29 bits per heavy atom. The molecule has 2 aromatic heterocycles. The van der Waals surface area contributed by atoms with Gasteiger partial charge in [0.05, 0.1) is 24.8 Å². The highest BCUT2D eigenvalue weighted by Crippen LogP contribution is 2.49. The van der Waals surface area contributed by atoms with Crippen molar-refractivity contribution < 1.29 is 14.6 Å². The van der Waals surface area contributed by atoms with E-state index in [1.54, 1.807) is 6.20 Å². The number of methoxy groups -OCH3 is 1. The summed E-state index contributed by atoms with van der Waals surface area (Å²) in [5.74, 6) is -1.19. The van der Waals surface area contributed by atoms with Crippen molar-refractivity contribution in [2.24, 2.45) is 11.8 Å². The second-order valence-corrected chi connectivity index (χ2v) is 8.61. The van der Waals surface area contributed by atoms with E-state index < -0.39 is 5.92 Å². The molecule has 2 aromatic rings. The number of carbonyl (C=O) groups is 1. The molecular formula is C24H27N3O4. The molecule has 4 heterocycles. The number of aliphatic hydroxyl groups excluding tert-OH is 1. The van der Waals surface area contributed by atoms with Crippen LogP contribution in [0.3, 0.4) is 0 Å². The molecule has 1 saturated heterocycles. The Bertz CT molecular complexity index is 1080. The van der Waals surface area contributed by atoms with Gasteiger partial charge in [0.2, 0.25) is 0 Å². The van der Waals surface area contributed by atoms with E-state index in [0.717, 1.165) is 41.8 Å². The van der Waals surface area contributed by atoms with E-state index in [2.05, 4.69) is 16.0 Å². The van der Waals surface area contributed by atoms with E-state index in [4.69, 9.17) is 4.74 Å². The van der Waals surface area contributed by atoms with Gasteiger partial charge in [0.15, 0.2) is 0 Å². The number of esters is 1. The number of rotatable bonds is 5. The molecule has 5 rings (SSSR count). The Labute approximate surface area is 181 Å². The van der Waals surface area contributed by atoms with Crippen LogP contribution in [0.4, 0.5) is 0 Å². The molecule has 2 aliphatic heterocycles. The number of pyridine rings is 2. The maximum atomic E-state index is 13.4. The number of ether oxygens (including phenoxy) is 1. The van der Waals surface area contributed by atoms with Gasteiger partial charge >= 0.3 is 5.97 Å². The first-order valence-electron chi connectivity index (χ1n) is 10.9. The lowest BCUT2D eigenvalue weighted by Crippen LogP contribution is -2.46. The predicted octanol–water partition coefficient (Wildman–Crippen LogP) is 2.15. The minimum absolute atomic E-state index is 0.000316. The van der Waals surface area contributed by atoms with Gasteiger partial charge in [0.1, 0.15) is 0 Å². The summed E-state index contributed by atoms with van der Waals surface area (Å²) in [5.41, 5.74) is 3.58. The van der Waals surface area contributed by atoms with Gasteiger partial charge in [-0.1, -0.05) is 12.1 Å². The fourth-order valence-corrected chi connectivity index (χ4v) is 5.68. The summed E-state index contributed by atoms with van der Waals surface area (Å²) in [6, 6.07) is 9.16. The molecule has 0 saturated carbocycles. The molecule has 31 heavy (non-hydrogen) atoms. The predicted molar refractivity (Wildman–Crippen MR) is 115 cm³/mol. The number of aliphatic hydroxyl groups is 1. The second kappa shape index (κ2) is 8.05. The van der Waals surface area contributed by atoms with Gasteiger partial charge in [0.25, 0.3) is 5.56 Å². The van der Waals surface area contributed by atoms with Crippen LogP contribution in [0.25, 0.3) is 5.57 Å². The summed E-state index contributed by atoms with van der Waals surface area (Å²) >= 11 is 0. The first kappa shape index (κ1) is 20.2. The number of aromatic nitrogens is 2. The van der Waals surface area contributed by atoms with Crippen LogP contribution in [0.2, 0.25) is 0 Å². The highest BCUT2D eigenvalue weighted by atomic mass is 16.5. The highest BCUT2D eigenvalue weighted by molar-refractivity contribution is 5.75. The van der Waals surface area contributed by atoms with Crippen molar-refractivity contribution in [2.45, 2.75) is 44.4 Å². The summed E-state index contributed by atoms with van der Waals surface area (Å²) in [7, 11) is 1.38. The van der Waals surface area contributed by atoms with Crippen molar-refractivity contribution in [2.75, 3.05) is 13.7 Å². The van der Waals surface area contributed by atoms with E-state index in [1.165, 1.54) is 7.11 Å². The molecule has 3 aliphatic rings. The van der Waals surface area contributed by atoms with Crippen LogP contribution in [0, 0.1) is 11.8 Å². The SMILES string of the molecule is COC(=O)[C@@H]1[C@@H](CO)[C@@H]2Cn3c(ccc(C4=CCCC4)c3=O)[C@H]1N2Cc1ccccn1. The zero-order valence-electron chi connectivity index (χ0n) is 17.6. The average molecular weight is 421 g/mol. The lowest BCUT2D eigenvalue weighted by Gasteiger charge is -2.38. The third-order valence-electron chi connectivity index (χ3n) is 7.10. The van der Waals surface area contributed by atoms with Crippen LogP contribution in [-0.4, -0.2) is 45.3 Å². The van der Waals surface area contributed by atoms with Gasteiger partial charge in [-0.15, -0.1) is 0 Å². The summed E-state index contributed by atoms with van der Waals surface area (Å²) in [5, 5.41) is 10.2. The molecule has 7 heteroatoms. The number of carbonyl (C=O) groups excluding carboxylic acids is 1. The Balaban J connectivity index is 1.62. The summed E-state index contributed by atoms with van der Waals surface area (Å²) < 4.78 is 6.96. The molecule has 162 valence electrons. The highest BCUT2D eigenvalue weighted by Gasteiger charge is 2.56. The molecule has 1 fully saturated rings. The first-order chi connectivity index (χ1) is 15.1. The quantitative estimate of drug-likeness (QED) is 0.745. The van der Waals surface area contributed by atoms with Crippen molar-refractivity contribution in [1.82, 2.24) is 14.5 Å². The maximum absolute atomic E-state index is 13.4. The fraction of sp³-hybridized carbons (Fsp3) is 0.458. The van der Waals surface area contributed by atoms with Gasteiger partial charge in [-0.2, -0.15) is 0 Å². The third kappa shape index (κ3) is 3.23. The molecule has 4 atom stereocenters. The number of fused-ring (bicyclic) bond motifs is 4. The van der Waals surface area contributed by atoms with E-state index >= 15 is 0 Å². The Kier molecular flexibility index (Phi) is 5.24. The van der Waals surface area contributed by atoms with Crippen LogP contribution in [-0.2, 0) is 22.6 Å².